The van der Waals surface area contributed by atoms with E-state index in [0.29, 0.717) is 32.2 Å². The van der Waals surface area contributed by atoms with E-state index in [1.807, 2.05) is 0 Å². The standard InChI is InChI=1S/C16H25NO4/c1-12(15(20)21)6-5-9-17-13(18)10-16(11-14(17)19)7-3-2-4-8-16/h12H,2-11H2,1H3,(H,20,21). The fourth-order valence-corrected chi connectivity index (χ4v) is 3.62. The van der Waals surface area contributed by atoms with Crippen molar-refractivity contribution >= 4 is 17.8 Å². The van der Waals surface area contributed by atoms with Crippen LogP contribution in [0.15, 0.2) is 0 Å². The van der Waals surface area contributed by atoms with E-state index in [-0.39, 0.29) is 17.2 Å². The summed E-state index contributed by atoms with van der Waals surface area (Å²) < 4.78 is 0. The third-order valence-electron chi connectivity index (χ3n) is 5.01. The minimum absolute atomic E-state index is 0.0591. The number of likely N-dealkylation sites (tertiary alicyclic amines) is 1. The zero-order chi connectivity index (χ0) is 15.5. The Morgan fingerprint density at radius 2 is 1.76 bits per heavy atom. The number of carbonyl (C=O) groups is 3. The Bertz CT molecular complexity index is 406. The molecule has 1 spiro atoms. The summed E-state index contributed by atoms with van der Waals surface area (Å²) in [5, 5.41) is 8.84. The summed E-state index contributed by atoms with van der Waals surface area (Å²) >= 11 is 0. The summed E-state index contributed by atoms with van der Waals surface area (Å²) in [6, 6.07) is 0. The van der Waals surface area contributed by atoms with Gasteiger partial charge < -0.3 is 5.11 Å². The second kappa shape index (κ2) is 6.58. The van der Waals surface area contributed by atoms with Gasteiger partial charge in [-0.1, -0.05) is 26.2 Å². The second-order valence-electron chi connectivity index (χ2n) is 6.73. The van der Waals surface area contributed by atoms with Crippen LogP contribution in [0.4, 0.5) is 0 Å². The molecule has 1 saturated carbocycles. The molecule has 1 unspecified atom stereocenters. The molecule has 2 amide bonds. The lowest BCUT2D eigenvalue weighted by atomic mass is 9.67. The number of nitrogens with zero attached hydrogens (tertiary/aromatic N) is 1. The van der Waals surface area contributed by atoms with Crippen LogP contribution in [0.5, 0.6) is 0 Å². The van der Waals surface area contributed by atoms with Crippen LogP contribution < -0.4 is 0 Å². The Kier molecular flexibility index (Phi) is 5.01. The first-order valence-electron chi connectivity index (χ1n) is 8.00. The molecule has 1 aliphatic heterocycles. The normalized spacial score (nSPS) is 23.4. The Morgan fingerprint density at radius 3 is 2.29 bits per heavy atom. The number of carboxylic acid groups (broad SMARTS) is 1. The quantitative estimate of drug-likeness (QED) is 0.791. The molecule has 1 heterocycles. The molecule has 1 N–H and O–H groups in total. The van der Waals surface area contributed by atoms with Crippen LogP contribution >= 0.6 is 0 Å². The molecule has 1 saturated heterocycles. The predicted molar refractivity (Wildman–Crippen MR) is 77.5 cm³/mol. The van der Waals surface area contributed by atoms with Gasteiger partial charge in [-0.2, -0.15) is 0 Å². The van der Waals surface area contributed by atoms with Crippen LogP contribution in [0.1, 0.15) is 64.7 Å². The van der Waals surface area contributed by atoms with Gasteiger partial charge in [-0.05, 0) is 31.1 Å². The zero-order valence-corrected chi connectivity index (χ0v) is 12.8. The average Bonchev–Trinajstić information content (AvgIpc) is 2.42. The molecule has 0 aromatic heterocycles. The van der Waals surface area contributed by atoms with E-state index in [2.05, 4.69) is 0 Å². The lowest BCUT2D eigenvalue weighted by Crippen LogP contribution is -2.48. The Balaban J connectivity index is 1.87. The predicted octanol–water partition coefficient (Wildman–Crippen LogP) is 2.59. The number of hydrogen-bond donors (Lipinski definition) is 1. The van der Waals surface area contributed by atoms with Crippen molar-refractivity contribution < 1.29 is 19.5 Å². The largest absolute Gasteiger partial charge is 0.481 e. The Hall–Kier alpha value is -1.39. The summed E-state index contributed by atoms with van der Waals surface area (Å²) in [6.07, 6.45) is 7.49. The molecule has 118 valence electrons. The van der Waals surface area contributed by atoms with Crippen molar-refractivity contribution in [2.24, 2.45) is 11.3 Å². The molecule has 21 heavy (non-hydrogen) atoms. The highest BCUT2D eigenvalue weighted by Crippen LogP contribution is 2.45. The summed E-state index contributed by atoms with van der Waals surface area (Å²) in [7, 11) is 0. The summed E-state index contributed by atoms with van der Waals surface area (Å²) in [5.74, 6) is -1.37. The Morgan fingerprint density at radius 1 is 1.19 bits per heavy atom. The molecule has 2 rings (SSSR count). The summed E-state index contributed by atoms with van der Waals surface area (Å²) in [6.45, 7) is 2.02. The maximum absolute atomic E-state index is 12.3. The smallest absolute Gasteiger partial charge is 0.306 e. The first-order chi connectivity index (χ1) is 9.93. The van der Waals surface area contributed by atoms with Gasteiger partial charge in [0.05, 0.1) is 5.92 Å². The summed E-state index contributed by atoms with van der Waals surface area (Å²) in [5.41, 5.74) is -0.0722. The van der Waals surface area contributed by atoms with E-state index in [1.165, 1.54) is 11.3 Å². The third kappa shape index (κ3) is 3.83. The van der Waals surface area contributed by atoms with Crippen molar-refractivity contribution in [3.05, 3.63) is 0 Å². The average molecular weight is 295 g/mol. The lowest BCUT2D eigenvalue weighted by molar-refractivity contribution is -0.154. The molecule has 2 aliphatic rings. The van der Waals surface area contributed by atoms with Gasteiger partial charge >= 0.3 is 5.97 Å². The zero-order valence-electron chi connectivity index (χ0n) is 12.8. The molecule has 5 nitrogen and oxygen atoms in total. The molecule has 1 atom stereocenters. The van der Waals surface area contributed by atoms with Crippen molar-refractivity contribution in [3.8, 4) is 0 Å². The fourth-order valence-electron chi connectivity index (χ4n) is 3.62. The van der Waals surface area contributed by atoms with Crippen LogP contribution in [0.25, 0.3) is 0 Å². The SMILES string of the molecule is CC(CCCN1C(=O)CC2(CCCCC2)CC1=O)C(=O)O. The number of amides is 2. The van der Waals surface area contributed by atoms with Gasteiger partial charge in [0.1, 0.15) is 0 Å². The minimum atomic E-state index is -0.826. The number of aliphatic carboxylic acids is 1. The molecule has 0 aromatic carbocycles. The molecule has 0 aromatic rings. The van der Waals surface area contributed by atoms with Gasteiger partial charge in [0.25, 0.3) is 0 Å². The maximum Gasteiger partial charge on any atom is 0.306 e. The number of carboxylic acids is 1. The summed E-state index contributed by atoms with van der Waals surface area (Å²) in [4.78, 5) is 36.7. The molecular weight excluding hydrogens is 270 g/mol. The highest BCUT2D eigenvalue weighted by atomic mass is 16.4. The molecular formula is C16H25NO4. The van der Waals surface area contributed by atoms with Crippen molar-refractivity contribution in [2.45, 2.75) is 64.7 Å². The third-order valence-corrected chi connectivity index (χ3v) is 5.01. The number of imide groups is 1. The number of piperidine rings is 1. The first kappa shape index (κ1) is 16.0. The van der Waals surface area contributed by atoms with Gasteiger partial charge in [0.2, 0.25) is 11.8 Å². The van der Waals surface area contributed by atoms with Crippen LogP contribution in [-0.2, 0) is 14.4 Å². The van der Waals surface area contributed by atoms with Gasteiger partial charge in [-0.3, -0.25) is 19.3 Å². The molecule has 2 fully saturated rings. The highest BCUT2D eigenvalue weighted by Gasteiger charge is 2.43. The second-order valence-corrected chi connectivity index (χ2v) is 6.73. The first-order valence-corrected chi connectivity index (χ1v) is 8.00. The van der Waals surface area contributed by atoms with Crippen molar-refractivity contribution in [1.82, 2.24) is 4.90 Å². The van der Waals surface area contributed by atoms with Crippen molar-refractivity contribution in [1.29, 1.82) is 0 Å². The van der Waals surface area contributed by atoms with Crippen LogP contribution in [0, 0.1) is 11.3 Å². The van der Waals surface area contributed by atoms with Gasteiger partial charge in [-0.25, -0.2) is 0 Å². The van der Waals surface area contributed by atoms with E-state index >= 15 is 0 Å². The van der Waals surface area contributed by atoms with E-state index in [4.69, 9.17) is 5.11 Å². The monoisotopic (exact) mass is 295 g/mol. The van der Waals surface area contributed by atoms with E-state index < -0.39 is 11.9 Å². The van der Waals surface area contributed by atoms with E-state index in [9.17, 15) is 14.4 Å². The van der Waals surface area contributed by atoms with Crippen LogP contribution in [0.2, 0.25) is 0 Å². The molecule has 5 heteroatoms. The van der Waals surface area contributed by atoms with E-state index in [0.717, 1.165) is 25.7 Å². The molecule has 1 aliphatic carbocycles. The van der Waals surface area contributed by atoms with Crippen LogP contribution in [-0.4, -0.2) is 34.3 Å². The van der Waals surface area contributed by atoms with Gasteiger partial charge in [0, 0.05) is 19.4 Å². The van der Waals surface area contributed by atoms with Crippen molar-refractivity contribution in [2.75, 3.05) is 6.54 Å². The Labute approximate surface area is 125 Å². The minimum Gasteiger partial charge on any atom is -0.481 e. The fraction of sp³-hybridized carbons (Fsp3) is 0.812. The maximum atomic E-state index is 12.3. The topological polar surface area (TPSA) is 74.7 Å². The molecule has 0 radical (unpaired) electrons. The van der Waals surface area contributed by atoms with Crippen LogP contribution in [0.3, 0.4) is 0 Å². The van der Waals surface area contributed by atoms with Gasteiger partial charge in [-0.15, -0.1) is 0 Å². The van der Waals surface area contributed by atoms with Gasteiger partial charge in [0.15, 0.2) is 0 Å². The van der Waals surface area contributed by atoms with Crippen molar-refractivity contribution in [3.63, 3.8) is 0 Å². The molecule has 0 bridgehead atoms. The number of rotatable bonds is 5. The highest BCUT2D eigenvalue weighted by molar-refractivity contribution is 5.98. The lowest BCUT2D eigenvalue weighted by Gasteiger charge is -2.42. The number of carbonyl (C=O) groups excluding carboxylic acids is 2. The number of hydrogen-bond acceptors (Lipinski definition) is 3. The van der Waals surface area contributed by atoms with E-state index in [1.54, 1.807) is 6.92 Å².